The number of fused-ring (bicyclic) bond motifs is 2. The molecule has 7 rings (SSSR count). The first-order valence-electron chi connectivity index (χ1n) is 13.4. The number of nitrogens with one attached hydrogen (secondary N) is 3. The molecule has 4 N–H and O–H groups in total. The second-order valence-corrected chi connectivity index (χ2v) is 10.4. The summed E-state index contributed by atoms with van der Waals surface area (Å²) in [6, 6.07) is 9.77. The minimum absolute atomic E-state index is 0.155. The van der Waals surface area contributed by atoms with E-state index < -0.39 is 5.82 Å². The predicted octanol–water partition coefficient (Wildman–Crippen LogP) is 5.75. The number of rotatable bonds is 7. The molecular weight excluding hydrogens is 507 g/mol. The zero-order valence-electron chi connectivity index (χ0n) is 21.7. The van der Waals surface area contributed by atoms with Crippen molar-refractivity contribution in [1.82, 2.24) is 40.4 Å². The lowest BCUT2D eigenvalue weighted by Crippen LogP contribution is -2.20. The monoisotopic (exact) mass is 534 g/mol. The molecule has 1 fully saturated rings. The number of nitrogens with zero attached hydrogens (tertiary/aromatic N) is 5. The highest BCUT2D eigenvalue weighted by Gasteiger charge is 2.18. The standard InChI is InChI=1S/C30H27FN8O/c31-21-8-19(9-22(40)10-21)23-5-6-34-29-27(23)36-30(37-29)28-24-11-25(35-16-26(24)38-39-28)20-7-18(14-33-15-20)13-32-12-17-3-1-2-4-17/h5-11,14-17,32,40H,1-4,12-13H2,(H,38,39)(H,34,36,37). The summed E-state index contributed by atoms with van der Waals surface area (Å²) in [4.78, 5) is 21.5. The van der Waals surface area contributed by atoms with Crippen molar-refractivity contribution in [2.75, 3.05) is 6.54 Å². The lowest BCUT2D eigenvalue weighted by Gasteiger charge is -2.11. The van der Waals surface area contributed by atoms with Crippen LogP contribution in [0.15, 0.2) is 61.2 Å². The van der Waals surface area contributed by atoms with Crippen LogP contribution in [-0.4, -0.2) is 46.8 Å². The molecule has 0 unspecified atom stereocenters. The molecule has 200 valence electrons. The molecular formula is C30H27FN8O. The maximum absolute atomic E-state index is 14.0. The van der Waals surface area contributed by atoms with Crippen molar-refractivity contribution in [3.63, 3.8) is 0 Å². The van der Waals surface area contributed by atoms with E-state index in [0.717, 1.165) is 52.8 Å². The number of H-pyrrole nitrogens is 2. The molecule has 0 spiro atoms. The third-order valence-corrected chi connectivity index (χ3v) is 7.58. The molecule has 5 heterocycles. The normalized spacial score (nSPS) is 14.0. The van der Waals surface area contributed by atoms with Gasteiger partial charge in [0.25, 0.3) is 0 Å². The number of aromatic nitrogens is 7. The quantitative estimate of drug-likeness (QED) is 0.205. The van der Waals surface area contributed by atoms with Gasteiger partial charge in [-0.3, -0.25) is 15.1 Å². The van der Waals surface area contributed by atoms with Crippen molar-refractivity contribution in [2.24, 2.45) is 5.92 Å². The van der Waals surface area contributed by atoms with Gasteiger partial charge in [-0.25, -0.2) is 14.4 Å². The molecule has 9 nitrogen and oxygen atoms in total. The van der Waals surface area contributed by atoms with Gasteiger partial charge in [-0.1, -0.05) is 12.8 Å². The largest absolute Gasteiger partial charge is 0.508 e. The van der Waals surface area contributed by atoms with E-state index in [1.807, 2.05) is 18.5 Å². The summed E-state index contributed by atoms with van der Waals surface area (Å²) in [5.74, 6) is 0.613. The topological polar surface area (TPSA) is 128 Å². The number of phenolic OH excluding ortho intramolecular Hbond substituents is 1. The maximum atomic E-state index is 14.0. The van der Waals surface area contributed by atoms with Crippen LogP contribution in [0.5, 0.6) is 5.75 Å². The number of imidazole rings is 1. The molecule has 0 bridgehead atoms. The van der Waals surface area contributed by atoms with E-state index in [9.17, 15) is 9.50 Å². The van der Waals surface area contributed by atoms with Crippen LogP contribution in [0.4, 0.5) is 4.39 Å². The van der Waals surface area contributed by atoms with E-state index in [1.54, 1.807) is 18.5 Å². The van der Waals surface area contributed by atoms with Crippen molar-refractivity contribution in [3.8, 4) is 39.7 Å². The fourth-order valence-corrected chi connectivity index (χ4v) is 5.60. The SMILES string of the molecule is Oc1cc(F)cc(-c2ccnc3[nH]c(-c4n[nH]c5cnc(-c6cncc(CNCC7CCCC7)c6)cc45)nc23)c1. The van der Waals surface area contributed by atoms with Crippen molar-refractivity contribution in [3.05, 3.63) is 72.6 Å². The number of hydrogen-bond donors (Lipinski definition) is 4. The van der Waals surface area contributed by atoms with Gasteiger partial charge >= 0.3 is 0 Å². The van der Waals surface area contributed by atoms with Crippen LogP contribution in [0, 0.1) is 11.7 Å². The van der Waals surface area contributed by atoms with Gasteiger partial charge in [0.05, 0.1) is 17.4 Å². The number of aromatic hydroxyl groups is 1. The molecule has 40 heavy (non-hydrogen) atoms. The van der Waals surface area contributed by atoms with Gasteiger partial charge in [-0.05, 0) is 66.8 Å². The molecule has 0 aliphatic heterocycles. The third kappa shape index (κ3) is 4.66. The van der Waals surface area contributed by atoms with Gasteiger partial charge in [0.15, 0.2) is 11.5 Å². The Labute approximate surface area is 229 Å². The Hall–Kier alpha value is -4.70. The molecule has 0 atom stereocenters. The summed E-state index contributed by atoms with van der Waals surface area (Å²) >= 11 is 0. The summed E-state index contributed by atoms with van der Waals surface area (Å²) in [6.45, 7) is 1.81. The second kappa shape index (κ2) is 10.1. The third-order valence-electron chi connectivity index (χ3n) is 7.58. The van der Waals surface area contributed by atoms with Crippen LogP contribution in [0.3, 0.4) is 0 Å². The van der Waals surface area contributed by atoms with Gasteiger partial charge in [-0.2, -0.15) is 5.10 Å². The molecule has 0 amide bonds. The minimum atomic E-state index is -0.530. The molecule has 0 saturated heterocycles. The fraction of sp³-hybridized carbons (Fsp3) is 0.233. The lowest BCUT2D eigenvalue weighted by molar-refractivity contribution is 0.469. The summed E-state index contributed by atoms with van der Waals surface area (Å²) < 4.78 is 14.0. The van der Waals surface area contributed by atoms with Crippen LogP contribution in [0.2, 0.25) is 0 Å². The molecule has 1 saturated carbocycles. The zero-order chi connectivity index (χ0) is 27.1. The van der Waals surface area contributed by atoms with Gasteiger partial charge in [0.2, 0.25) is 0 Å². The van der Waals surface area contributed by atoms with Crippen molar-refractivity contribution in [2.45, 2.75) is 32.2 Å². The minimum Gasteiger partial charge on any atom is -0.508 e. The van der Waals surface area contributed by atoms with Crippen molar-refractivity contribution < 1.29 is 9.50 Å². The molecule has 0 radical (unpaired) electrons. The van der Waals surface area contributed by atoms with Crippen molar-refractivity contribution >= 4 is 22.1 Å². The molecule has 1 aromatic carbocycles. The number of hydrogen-bond acceptors (Lipinski definition) is 7. The number of aromatic amines is 2. The second-order valence-electron chi connectivity index (χ2n) is 10.4. The average Bonchev–Trinajstić information content (AvgIpc) is 3.71. The van der Waals surface area contributed by atoms with E-state index in [1.165, 1.54) is 37.8 Å². The summed E-state index contributed by atoms with van der Waals surface area (Å²) in [5, 5.41) is 21.9. The predicted molar refractivity (Wildman–Crippen MR) is 151 cm³/mol. The molecule has 5 aromatic heterocycles. The fourth-order valence-electron chi connectivity index (χ4n) is 5.60. The number of phenols is 1. The van der Waals surface area contributed by atoms with Crippen LogP contribution in [0.1, 0.15) is 31.2 Å². The van der Waals surface area contributed by atoms with Gasteiger partial charge in [0, 0.05) is 47.7 Å². The number of pyridine rings is 3. The van der Waals surface area contributed by atoms with Gasteiger partial charge in [-0.15, -0.1) is 0 Å². The maximum Gasteiger partial charge on any atom is 0.160 e. The van der Waals surface area contributed by atoms with Crippen LogP contribution in [-0.2, 0) is 6.54 Å². The highest BCUT2D eigenvalue weighted by molar-refractivity contribution is 5.96. The molecule has 10 heteroatoms. The first-order chi connectivity index (χ1) is 19.6. The first-order valence-corrected chi connectivity index (χ1v) is 13.4. The molecule has 6 aromatic rings. The van der Waals surface area contributed by atoms with E-state index in [-0.39, 0.29) is 5.75 Å². The van der Waals surface area contributed by atoms with E-state index in [4.69, 9.17) is 4.98 Å². The molecule has 1 aliphatic rings. The Morgan fingerprint density at radius 2 is 1.90 bits per heavy atom. The Morgan fingerprint density at radius 1 is 1.00 bits per heavy atom. The summed E-state index contributed by atoms with van der Waals surface area (Å²) in [6.07, 6.45) is 12.4. The summed E-state index contributed by atoms with van der Waals surface area (Å²) in [7, 11) is 0. The lowest BCUT2D eigenvalue weighted by atomic mass is 10.1. The van der Waals surface area contributed by atoms with E-state index >= 15 is 0 Å². The highest BCUT2D eigenvalue weighted by Crippen LogP contribution is 2.33. The summed E-state index contributed by atoms with van der Waals surface area (Å²) in [5.41, 5.74) is 6.44. The van der Waals surface area contributed by atoms with Crippen LogP contribution >= 0.6 is 0 Å². The van der Waals surface area contributed by atoms with Crippen LogP contribution < -0.4 is 5.32 Å². The average molecular weight is 535 g/mol. The van der Waals surface area contributed by atoms with Crippen molar-refractivity contribution in [1.29, 1.82) is 0 Å². The number of halogens is 1. The number of benzene rings is 1. The zero-order valence-corrected chi connectivity index (χ0v) is 21.7. The Balaban J connectivity index is 1.21. The highest BCUT2D eigenvalue weighted by atomic mass is 19.1. The van der Waals surface area contributed by atoms with E-state index in [2.05, 4.69) is 41.5 Å². The molecule has 1 aliphatic carbocycles. The van der Waals surface area contributed by atoms with Gasteiger partial charge in [0.1, 0.15) is 22.8 Å². The van der Waals surface area contributed by atoms with Gasteiger partial charge < -0.3 is 15.4 Å². The smallest absolute Gasteiger partial charge is 0.160 e. The van der Waals surface area contributed by atoms with E-state index in [0.29, 0.717) is 33.8 Å². The Bertz CT molecular complexity index is 1820. The van der Waals surface area contributed by atoms with Crippen LogP contribution in [0.25, 0.3) is 56.0 Å². The Morgan fingerprint density at radius 3 is 2.77 bits per heavy atom. The first kappa shape index (κ1) is 24.3. The Kier molecular flexibility index (Phi) is 6.16.